The molecule has 0 saturated carbocycles. The number of ether oxygens (including phenoxy) is 2. The van der Waals surface area contributed by atoms with Crippen LogP contribution in [0, 0.1) is 6.92 Å². The minimum Gasteiger partial charge on any atom is -0.497 e. The summed E-state index contributed by atoms with van der Waals surface area (Å²) in [6.07, 6.45) is -0.921. The van der Waals surface area contributed by atoms with Gasteiger partial charge in [0.15, 0.2) is 6.10 Å². The minimum absolute atomic E-state index is 0.214. The van der Waals surface area contributed by atoms with Crippen LogP contribution in [0.2, 0.25) is 0 Å². The first-order chi connectivity index (χ1) is 14.3. The predicted molar refractivity (Wildman–Crippen MR) is 119 cm³/mol. The van der Waals surface area contributed by atoms with Crippen molar-refractivity contribution in [2.75, 3.05) is 39.2 Å². The summed E-state index contributed by atoms with van der Waals surface area (Å²) in [4.78, 5) is 30.2. The van der Waals surface area contributed by atoms with E-state index in [0.29, 0.717) is 13.1 Å². The molecular weight excluding hydrogens is 400 g/mol. The third-order valence-corrected chi connectivity index (χ3v) is 6.32. The number of rotatable bonds is 6. The molecule has 6 nitrogen and oxygen atoms in total. The van der Waals surface area contributed by atoms with Gasteiger partial charge in [-0.25, -0.2) is 0 Å². The maximum atomic E-state index is 13.6. The second-order valence-electron chi connectivity index (χ2n) is 7.61. The Morgan fingerprint density at radius 3 is 2.47 bits per heavy atom. The third-order valence-electron chi connectivity index (χ3n) is 4.97. The van der Waals surface area contributed by atoms with E-state index in [1.54, 1.807) is 12.0 Å². The third kappa shape index (κ3) is 4.96. The van der Waals surface area contributed by atoms with Crippen molar-refractivity contribution in [2.24, 2.45) is 0 Å². The summed E-state index contributed by atoms with van der Waals surface area (Å²) < 4.78 is 11.0. The van der Waals surface area contributed by atoms with Gasteiger partial charge >= 0.3 is 5.97 Å². The Labute approximate surface area is 182 Å². The van der Waals surface area contributed by atoms with Crippen LogP contribution >= 0.6 is 11.8 Å². The van der Waals surface area contributed by atoms with E-state index in [4.69, 9.17) is 9.47 Å². The highest BCUT2D eigenvalue weighted by Gasteiger charge is 2.40. The number of aryl methyl sites for hydroxylation is 1. The largest absolute Gasteiger partial charge is 0.497 e. The number of likely N-dealkylation sites (N-methyl/N-ethyl adjacent to an activating group) is 1. The smallest absolute Gasteiger partial charge is 0.303 e. The first kappa shape index (κ1) is 22.2. The first-order valence-electron chi connectivity index (χ1n) is 9.84. The molecule has 1 amide bonds. The number of methoxy groups -OCH3 is 1. The Balaban J connectivity index is 2.12. The highest BCUT2D eigenvalue weighted by Crippen LogP contribution is 2.47. The predicted octanol–water partition coefficient (Wildman–Crippen LogP) is 3.68. The monoisotopic (exact) mass is 428 g/mol. The van der Waals surface area contributed by atoms with Crippen molar-refractivity contribution in [1.29, 1.82) is 0 Å². The molecular formula is C23H28N2O4S. The average Bonchev–Trinajstić information content (AvgIpc) is 2.81. The standard InChI is InChI=1S/C23H28N2O4S/c1-15-6-8-17(9-7-15)22-21(29-16(2)26)23(27)25(13-12-24(3)4)19-11-10-18(28-5)14-20(19)30-22/h6-11,14,21-22H,12-13H2,1-5H3/t21-,22+/m1/s1. The Kier molecular flexibility index (Phi) is 7.05. The second kappa shape index (κ2) is 9.53. The van der Waals surface area contributed by atoms with Gasteiger partial charge in [-0.15, -0.1) is 11.8 Å². The number of thioether (sulfide) groups is 1. The SMILES string of the molecule is COc1ccc2c(c1)S[C@@H](c1ccc(C)cc1)[C@@H](OC(C)=O)C(=O)N2CCN(C)C. The number of anilines is 1. The summed E-state index contributed by atoms with van der Waals surface area (Å²) in [5.41, 5.74) is 2.87. The fourth-order valence-corrected chi connectivity index (χ4v) is 4.71. The van der Waals surface area contributed by atoms with E-state index in [2.05, 4.69) is 0 Å². The van der Waals surface area contributed by atoms with Gasteiger partial charge in [-0.2, -0.15) is 0 Å². The molecule has 0 saturated heterocycles. The number of carbonyl (C=O) groups is 2. The molecule has 0 spiro atoms. The molecule has 160 valence electrons. The lowest BCUT2D eigenvalue weighted by molar-refractivity contribution is -0.152. The van der Waals surface area contributed by atoms with Gasteiger partial charge in [0.05, 0.1) is 18.0 Å². The maximum Gasteiger partial charge on any atom is 0.303 e. The van der Waals surface area contributed by atoms with Crippen LogP contribution in [0.3, 0.4) is 0 Å². The number of carbonyl (C=O) groups excluding carboxylic acids is 2. The average molecular weight is 429 g/mol. The topological polar surface area (TPSA) is 59.1 Å². The molecule has 0 unspecified atom stereocenters. The zero-order valence-corrected chi connectivity index (χ0v) is 18.9. The zero-order valence-electron chi connectivity index (χ0n) is 18.0. The van der Waals surface area contributed by atoms with Crippen molar-refractivity contribution < 1.29 is 19.1 Å². The van der Waals surface area contributed by atoms with Crippen LogP contribution in [-0.4, -0.2) is 57.2 Å². The summed E-state index contributed by atoms with van der Waals surface area (Å²) in [5, 5.41) is -0.364. The number of nitrogens with zero attached hydrogens (tertiary/aromatic N) is 2. The first-order valence-corrected chi connectivity index (χ1v) is 10.7. The summed E-state index contributed by atoms with van der Waals surface area (Å²) >= 11 is 1.52. The summed E-state index contributed by atoms with van der Waals surface area (Å²) in [6, 6.07) is 13.7. The number of amides is 1. The Morgan fingerprint density at radius 2 is 1.87 bits per heavy atom. The van der Waals surface area contributed by atoms with Crippen molar-refractivity contribution >= 4 is 29.3 Å². The van der Waals surface area contributed by atoms with Crippen LogP contribution in [0.5, 0.6) is 5.75 Å². The van der Waals surface area contributed by atoms with E-state index in [9.17, 15) is 9.59 Å². The zero-order chi connectivity index (χ0) is 21.8. The Morgan fingerprint density at radius 1 is 1.17 bits per heavy atom. The summed E-state index contributed by atoms with van der Waals surface area (Å²) in [5.74, 6) is 0.0334. The molecule has 30 heavy (non-hydrogen) atoms. The van der Waals surface area contributed by atoms with Gasteiger partial charge in [0.25, 0.3) is 5.91 Å². The Bertz CT molecular complexity index is 914. The van der Waals surface area contributed by atoms with Crippen LogP contribution in [0.1, 0.15) is 23.3 Å². The highest BCUT2D eigenvalue weighted by atomic mass is 32.2. The highest BCUT2D eigenvalue weighted by molar-refractivity contribution is 7.99. The number of hydrogen-bond acceptors (Lipinski definition) is 6. The molecule has 7 heteroatoms. The Hall–Kier alpha value is -2.51. The van der Waals surface area contributed by atoms with Gasteiger partial charge in [0, 0.05) is 24.9 Å². The van der Waals surface area contributed by atoms with E-state index in [1.165, 1.54) is 18.7 Å². The number of esters is 1. The van der Waals surface area contributed by atoms with Crippen LogP contribution < -0.4 is 9.64 Å². The van der Waals surface area contributed by atoms with Crippen molar-refractivity contribution in [2.45, 2.75) is 30.1 Å². The molecule has 0 aliphatic carbocycles. The molecule has 0 fully saturated rings. The molecule has 0 N–H and O–H groups in total. The van der Waals surface area contributed by atoms with Crippen molar-refractivity contribution in [1.82, 2.24) is 4.90 Å². The molecule has 3 rings (SSSR count). The lowest BCUT2D eigenvalue weighted by Crippen LogP contribution is -2.45. The van der Waals surface area contributed by atoms with Gasteiger partial charge in [-0.1, -0.05) is 29.8 Å². The molecule has 1 aliphatic heterocycles. The summed E-state index contributed by atoms with van der Waals surface area (Å²) in [6.45, 7) is 4.53. The number of hydrogen-bond donors (Lipinski definition) is 0. The van der Waals surface area contributed by atoms with Crippen molar-refractivity contribution in [3.63, 3.8) is 0 Å². The van der Waals surface area contributed by atoms with E-state index in [0.717, 1.165) is 27.5 Å². The molecule has 2 atom stereocenters. The molecule has 1 aliphatic rings. The van der Waals surface area contributed by atoms with Crippen molar-refractivity contribution in [3.05, 3.63) is 53.6 Å². The fourth-order valence-electron chi connectivity index (χ4n) is 3.36. The molecule has 2 aromatic rings. The van der Waals surface area contributed by atoms with E-state index in [1.807, 2.05) is 68.4 Å². The maximum absolute atomic E-state index is 13.6. The number of fused-ring (bicyclic) bond motifs is 1. The summed E-state index contributed by atoms with van der Waals surface area (Å²) in [7, 11) is 5.55. The van der Waals surface area contributed by atoms with Gasteiger partial charge in [-0.3, -0.25) is 9.59 Å². The quantitative estimate of drug-likeness (QED) is 0.655. The normalized spacial score (nSPS) is 18.7. The van der Waals surface area contributed by atoms with Gasteiger partial charge < -0.3 is 19.3 Å². The van der Waals surface area contributed by atoms with Crippen molar-refractivity contribution in [3.8, 4) is 5.75 Å². The lowest BCUT2D eigenvalue weighted by atomic mass is 10.0. The lowest BCUT2D eigenvalue weighted by Gasteiger charge is -2.28. The molecule has 2 aromatic carbocycles. The molecule has 0 radical (unpaired) electrons. The second-order valence-corrected chi connectivity index (χ2v) is 8.79. The van der Waals surface area contributed by atoms with Crippen LogP contribution in [0.15, 0.2) is 47.4 Å². The minimum atomic E-state index is -0.921. The molecule has 0 bridgehead atoms. The number of benzene rings is 2. The van der Waals surface area contributed by atoms with Crippen LogP contribution in [-0.2, 0) is 14.3 Å². The molecule has 0 aromatic heterocycles. The van der Waals surface area contributed by atoms with Gasteiger partial charge in [0.1, 0.15) is 5.75 Å². The molecule has 1 heterocycles. The van der Waals surface area contributed by atoms with Crippen LogP contribution in [0.25, 0.3) is 0 Å². The fraction of sp³-hybridized carbons (Fsp3) is 0.391. The van der Waals surface area contributed by atoms with Gasteiger partial charge in [0.2, 0.25) is 0 Å². The van der Waals surface area contributed by atoms with E-state index >= 15 is 0 Å². The van der Waals surface area contributed by atoms with E-state index in [-0.39, 0.29) is 11.2 Å². The van der Waals surface area contributed by atoms with Crippen LogP contribution in [0.4, 0.5) is 5.69 Å². The van der Waals surface area contributed by atoms with Gasteiger partial charge in [-0.05, 0) is 44.8 Å². The van der Waals surface area contributed by atoms with E-state index < -0.39 is 12.1 Å².